The molecule has 58 valence electrons. The molecule has 5 nitrogen and oxygen atoms in total. The van der Waals surface area contributed by atoms with Gasteiger partial charge in [-0.1, -0.05) is 0 Å². The quantitative estimate of drug-likeness (QED) is 0.265. The van der Waals surface area contributed by atoms with E-state index in [4.69, 9.17) is 15.3 Å². The Morgan fingerprint density at radius 2 is 2.40 bits per heavy atom. The summed E-state index contributed by atoms with van der Waals surface area (Å²) in [4.78, 5) is 10.7. The molecule has 5 heteroatoms. The number of carbonyl (C=O) groups is 1. The molecule has 1 heterocycles. The Hall–Kier alpha value is -0.650. The Bertz CT molecular complexity index is 122. The van der Waals surface area contributed by atoms with E-state index in [0.29, 0.717) is 19.8 Å². The molecule has 0 spiro atoms. The molecule has 3 N–H and O–H groups in total. The average molecular weight is 146 g/mol. The molecule has 1 rings (SSSR count). The fourth-order valence-corrected chi connectivity index (χ4v) is 0.732. The van der Waals surface area contributed by atoms with Crippen LogP contribution in [0.2, 0.25) is 0 Å². The molecule has 0 radical (unpaired) electrons. The van der Waals surface area contributed by atoms with Crippen molar-refractivity contribution in [2.75, 3.05) is 19.8 Å². The predicted octanol–water partition coefficient (Wildman–Crippen LogP) is -1.61. The van der Waals surface area contributed by atoms with Gasteiger partial charge in [-0.15, -0.1) is 0 Å². The maximum Gasteiger partial charge on any atom is 0.265 e. The van der Waals surface area contributed by atoms with E-state index in [0.717, 1.165) is 0 Å². The van der Waals surface area contributed by atoms with E-state index < -0.39 is 6.10 Å². The van der Waals surface area contributed by atoms with Gasteiger partial charge in [0.15, 0.2) is 6.10 Å². The first-order chi connectivity index (χ1) is 4.84. The minimum Gasteiger partial charge on any atom is -0.376 e. The highest BCUT2D eigenvalue weighted by molar-refractivity contribution is 5.80. The Balaban J connectivity index is 2.31. The Labute approximate surface area is 58.4 Å². The summed E-state index contributed by atoms with van der Waals surface area (Å²) in [5.41, 5.74) is 1.99. The number of carbonyl (C=O) groups excluding carboxylic acids is 1. The van der Waals surface area contributed by atoms with Crippen LogP contribution in [0.1, 0.15) is 0 Å². The largest absolute Gasteiger partial charge is 0.376 e. The lowest BCUT2D eigenvalue weighted by Gasteiger charge is -2.20. The number of amides is 1. The van der Waals surface area contributed by atoms with Gasteiger partial charge in [0.05, 0.1) is 19.8 Å². The number of nitrogens with one attached hydrogen (secondary N) is 1. The van der Waals surface area contributed by atoms with E-state index in [1.807, 2.05) is 5.43 Å². The number of nitrogens with two attached hydrogens (primary N) is 1. The summed E-state index contributed by atoms with van der Waals surface area (Å²) < 4.78 is 9.98. The zero-order valence-corrected chi connectivity index (χ0v) is 5.50. The van der Waals surface area contributed by atoms with Crippen LogP contribution in [0, 0.1) is 0 Å². The van der Waals surface area contributed by atoms with Crippen LogP contribution < -0.4 is 11.3 Å². The fraction of sp³-hybridized carbons (Fsp3) is 0.800. The molecule has 0 saturated carbocycles. The predicted molar refractivity (Wildman–Crippen MR) is 32.9 cm³/mol. The summed E-state index contributed by atoms with van der Waals surface area (Å²) in [5.74, 6) is 4.53. The van der Waals surface area contributed by atoms with Crippen molar-refractivity contribution in [1.82, 2.24) is 5.43 Å². The molecule has 1 amide bonds. The molecule has 0 aromatic heterocycles. The molecule has 1 atom stereocenters. The van der Waals surface area contributed by atoms with Crippen LogP contribution in [-0.2, 0) is 14.3 Å². The normalized spacial score (nSPS) is 25.9. The molecule has 1 aliphatic rings. The van der Waals surface area contributed by atoms with Gasteiger partial charge in [0.25, 0.3) is 5.91 Å². The zero-order valence-electron chi connectivity index (χ0n) is 5.50. The Morgan fingerprint density at radius 1 is 1.60 bits per heavy atom. The number of hydrogen-bond donors (Lipinski definition) is 2. The van der Waals surface area contributed by atoms with Gasteiger partial charge >= 0.3 is 0 Å². The van der Waals surface area contributed by atoms with Crippen molar-refractivity contribution in [1.29, 1.82) is 0 Å². The maximum atomic E-state index is 10.7. The molecule has 10 heavy (non-hydrogen) atoms. The first kappa shape index (κ1) is 7.46. The molecular weight excluding hydrogens is 136 g/mol. The average Bonchev–Trinajstić information content (AvgIpc) is 2.05. The Morgan fingerprint density at radius 3 is 2.90 bits per heavy atom. The van der Waals surface area contributed by atoms with E-state index in [2.05, 4.69) is 0 Å². The Kier molecular flexibility index (Phi) is 2.61. The minimum absolute atomic E-state index is 0.295. The third-order valence-corrected chi connectivity index (χ3v) is 1.25. The van der Waals surface area contributed by atoms with Crippen LogP contribution in [0.5, 0.6) is 0 Å². The zero-order chi connectivity index (χ0) is 7.40. The van der Waals surface area contributed by atoms with Crippen molar-refractivity contribution in [3.05, 3.63) is 0 Å². The van der Waals surface area contributed by atoms with Crippen molar-refractivity contribution >= 4 is 5.91 Å². The SMILES string of the molecule is NNC(=O)C1COCCO1. The summed E-state index contributed by atoms with van der Waals surface area (Å²) in [6, 6.07) is 0. The van der Waals surface area contributed by atoms with Gasteiger partial charge in [-0.2, -0.15) is 0 Å². The lowest BCUT2D eigenvalue weighted by molar-refractivity contribution is -0.147. The molecule has 1 unspecified atom stereocenters. The molecule has 1 aliphatic heterocycles. The third kappa shape index (κ3) is 1.66. The first-order valence-corrected chi connectivity index (χ1v) is 3.04. The monoisotopic (exact) mass is 146 g/mol. The topological polar surface area (TPSA) is 73.6 Å². The second kappa shape index (κ2) is 3.50. The smallest absolute Gasteiger partial charge is 0.265 e. The fourth-order valence-electron chi connectivity index (χ4n) is 0.732. The third-order valence-electron chi connectivity index (χ3n) is 1.25. The highest BCUT2D eigenvalue weighted by Crippen LogP contribution is 1.99. The van der Waals surface area contributed by atoms with E-state index in [-0.39, 0.29) is 5.91 Å². The second-order valence-corrected chi connectivity index (χ2v) is 1.94. The van der Waals surface area contributed by atoms with Gasteiger partial charge in [0, 0.05) is 0 Å². The van der Waals surface area contributed by atoms with Crippen molar-refractivity contribution < 1.29 is 14.3 Å². The molecule has 0 aromatic carbocycles. The number of rotatable bonds is 1. The van der Waals surface area contributed by atoms with Crippen molar-refractivity contribution in [3.8, 4) is 0 Å². The summed E-state index contributed by atoms with van der Waals surface area (Å²) in [7, 11) is 0. The standard InChI is InChI=1S/C5H10N2O3/c6-7-5(8)4-3-9-1-2-10-4/h4H,1-3,6H2,(H,7,8). The van der Waals surface area contributed by atoms with Crippen LogP contribution >= 0.6 is 0 Å². The summed E-state index contributed by atoms with van der Waals surface area (Å²) >= 11 is 0. The van der Waals surface area contributed by atoms with Gasteiger partial charge < -0.3 is 9.47 Å². The van der Waals surface area contributed by atoms with Gasteiger partial charge in [-0.25, -0.2) is 5.84 Å². The first-order valence-electron chi connectivity index (χ1n) is 3.04. The van der Waals surface area contributed by atoms with Gasteiger partial charge in [0.1, 0.15) is 0 Å². The molecular formula is C5H10N2O3. The number of hydrazine groups is 1. The molecule has 0 aromatic rings. The van der Waals surface area contributed by atoms with Crippen LogP contribution in [0.25, 0.3) is 0 Å². The van der Waals surface area contributed by atoms with E-state index >= 15 is 0 Å². The van der Waals surface area contributed by atoms with E-state index in [1.54, 1.807) is 0 Å². The lowest BCUT2D eigenvalue weighted by atomic mass is 10.3. The highest BCUT2D eigenvalue weighted by atomic mass is 16.6. The molecule has 1 fully saturated rings. The number of ether oxygens (including phenoxy) is 2. The molecule has 0 aliphatic carbocycles. The van der Waals surface area contributed by atoms with E-state index in [1.165, 1.54) is 0 Å². The molecule has 0 bridgehead atoms. The van der Waals surface area contributed by atoms with Gasteiger partial charge in [0.2, 0.25) is 0 Å². The summed E-state index contributed by atoms with van der Waals surface area (Å²) in [6.07, 6.45) is -0.529. The lowest BCUT2D eigenvalue weighted by Crippen LogP contribution is -2.45. The van der Waals surface area contributed by atoms with Gasteiger partial charge in [-0.05, 0) is 0 Å². The van der Waals surface area contributed by atoms with Crippen LogP contribution in [-0.4, -0.2) is 31.8 Å². The van der Waals surface area contributed by atoms with Crippen molar-refractivity contribution in [2.45, 2.75) is 6.10 Å². The van der Waals surface area contributed by atoms with Crippen LogP contribution in [0.15, 0.2) is 0 Å². The summed E-state index contributed by atoms with van der Waals surface area (Å²) in [6.45, 7) is 1.30. The second-order valence-electron chi connectivity index (χ2n) is 1.94. The van der Waals surface area contributed by atoms with Crippen molar-refractivity contribution in [3.63, 3.8) is 0 Å². The highest BCUT2D eigenvalue weighted by Gasteiger charge is 2.21. The van der Waals surface area contributed by atoms with Crippen molar-refractivity contribution in [2.24, 2.45) is 5.84 Å². The van der Waals surface area contributed by atoms with Crippen LogP contribution in [0.4, 0.5) is 0 Å². The van der Waals surface area contributed by atoms with Crippen LogP contribution in [0.3, 0.4) is 0 Å². The minimum atomic E-state index is -0.529. The van der Waals surface area contributed by atoms with E-state index in [9.17, 15) is 4.79 Å². The number of hydrogen-bond acceptors (Lipinski definition) is 4. The maximum absolute atomic E-state index is 10.7. The summed E-state index contributed by atoms with van der Waals surface area (Å²) in [5, 5.41) is 0. The molecule has 1 saturated heterocycles. The van der Waals surface area contributed by atoms with Gasteiger partial charge in [-0.3, -0.25) is 10.2 Å².